The normalized spacial score (nSPS) is 10.6. The highest BCUT2D eigenvalue weighted by molar-refractivity contribution is 5.19. The Hall–Kier alpha value is -1.18. The lowest BCUT2D eigenvalue weighted by atomic mass is 10.3. The molecule has 0 saturated carbocycles. The smallest absolute Gasteiger partial charge is 0.0959 e. The van der Waals surface area contributed by atoms with Gasteiger partial charge < -0.3 is 0 Å². The molecule has 48 valence electrons. The summed E-state index contributed by atoms with van der Waals surface area (Å²) in [4.78, 5) is 9.97. The van der Waals surface area contributed by atoms with Gasteiger partial charge in [0.1, 0.15) is 0 Å². The van der Waals surface area contributed by atoms with Gasteiger partial charge in [-0.15, -0.1) is 0 Å². The van der Waals surface area contributed by atoms with Crippen molar-refractivity contribution in [1.29, 1.82) is 0 Å². The van der Waals surface area contributed by atoms with Crippen molar-refractivity contribution in [2.45, 2.75) is 6.92 Å². The second kappa shape index (κ2) is 3.78. The fourth-order valence-corrected chi connectivity index (χ4v) is 0.396. The summed E-state index contributed by atoms with van der Waals surface area (Å²) in [6.07, 6.45) is 3.07. The fourth-order valence-electron chi connectivity index (χ4n) is 0.396. The maximum atomic E-state index is 9.97. The molecule has 0 aliphatic heterocycles. The molecule has 0 radical (unpaired) electrons. The molecule has 0 aromatic rings. The van der Waals surface area contributed by atoms with Gasteiger partial charge in [0.2, 0.25) is 0 Å². The van der Waals surface area contributed by atoms with E-state index in [-0.39, 0.29) is 0 Å². The Morgan fingerprint density at radius 1 is 1.67 bits per heavy atom. The summed E-state index contributed by atoms with van der Waals surface area (Å²) in [5.74, 6) is 0. The highest BCUT2D eigenvalue weighted by Gasteiger charge is 1.93. The number of nitroso groups, excluding NO2 is 1. The Morgan fingerprint density at radius 3 is 2.33 bits per heavy atom. The van der Waals surface area contributed by atoms with Crippen molar-refractivity contribution in [1.82, 2.24) is 0 Å². The molecule has 0 aromatic heterocycles. The Balaban J connectivity index is 4.24. The van der Waals surface area contributed by atoms with Crippen LogP contribution in [0.5, 0.6) is 0 Å². The van der Waals surface area contributed by atoms with Gasteiger partial charge in [-0.2, -0.15) is 0 Å². The first-order valence-electron chi connectivity index (χ1n) is 2.58. The molecule has 0 aromatic carbocycles. The summed E-state index contributed by atoms with van der Waals surface area (Å²) >= 11 is 0. The van der Waals surface area contributed by atoms with E-state index in [0.29, 0.717) is 5.70 Å². The molecule has 0 amide bonds. The Morgan fingerprint density at radius 2 is 2.22 bits per heavy atom. The van der Waals surface area contributed by atoms with Crippen LogP contribution >= 0.6 is 0 Å². The van der Waals surface area contributed by atoms with Crippen molar-refractivity contribution in [3.8, 4) is 0 Å². The molecule has 0 unspecified atom stereocenters. The van der Waals surface area contributed by atoms with Gasteiger partial charge in [-0.05, 0) is 6.92 Å². The third-order valence-corrected chi connectivity index (χ3v) is 0.740. The minimum atomic E-state index is 0.447. The van der Waals surface area contributed by atoms with Crippen LogP contribution < -0.4 is 5.18 Å². The predicted octanol–water partition coefficient (Wildman–Crippen LogP) is 0.479. The summed E-state index contributed by atoms with van der Waals surface area (Å²) in [7, 11) is 0. The Kier molecular flexibility index (Phi) is 3.28. The lowest BCUT2D eigenvalue weighted by Gasteiger charge is -1.79. The number of hydrogen-bond donors (Lipinski definition) is 1. The minimum Gasteiger partial charge on any atom is -0.0959 e. The molecule has 0 rings (SSSR count). The first-order chi connectivity index (χ1) is 4.20. The van der Waals surface area contributed by atoms with Crippen molar-refractivity contribution >= 4 is 0 Å². The van der Waals surface area contributed by atoms with Gasteiger partial charge in [0.15, 0.2) is 0 Å². The van der Waals surface area contributed by atoms with Gasteiger partial charge in [-0.3, -0.25) is 0 Å². The SMILES string of the molecule is C=C/C(=C\C(=C)C)[NH+]=O. The van der Waals surface area contributed by atoms with Crippen LogP contribution in [-0.2, 0) is 0 Å². The van der Waals surface area contributed by atoms with Gasteiger partial charge in [0, 0.05) is 22.2 Å². The zero-order valence-electron chi connectivity index (χ0n) is 5.48. The van der Waals surface area contributed by atoms with E-state index in [0.717, 1.165) is 5.57 Å². The van der Waals surface area contributed by atoms with Crippen LogP contribution in [0.15, 0.2) is 36.6 Å². The van der Waals surface area contributed by atoms with Crippen molar-refractivity contribution in [2.24, 2.45) is 0 Å². The van der Waals surface area contributed by atoms with Gasteiger partial charge in [-0.25, -0.2) is 0 Å². The van der Waals surface area contributed by atoms with Crippen LogP contribution in [0.25, 0.3) is 0 Å². The maximum absolute atomic E-state index is 9.97. The lowest BCUT2D eigenvalue weighted by molar-refractivity contribution is -0.415. The number of allylic oxidation sites excluding steroid dienone is 3. The molecule has 0 atom stereocenters. The molecular weight excluding hydrogens is 114 g/mol. The molecular formula is C7H10NO+. The summed E-state index contributed by atoms with van der Waals surface area (Å²) in [5, 5.41) is 1.72. The van der Waals surface area contributed by atoms with Gasteiger partial charge in [0.05, 0.1) is 0 Å². The van der Waals surface area contributed by atoms with E-state index in [9.17, 15) is 4.91 Å². The van der Waals surface area contributed by atoms with Gasteiger partial charge >= 0.3 is 0 Å². The van der Waals surface area contributed by atoms with E-state index in [2.05, 4.69) is 13.2 Å². The highest BCUT2D eigenvalue weighted by atomic mass is 16.3. The average molecular weight is 124 g/mol. The van der Waals surface area contributed by atoms with E-state index in [1.54, 1.807) is 18.2 Å². The van der Waals surface area contributed by atoms with Crippen LogP contribution in [0.1, 0.15) is 6.92 Å². The molecule has 2 nitrogen and oxygen atoms in total. The summed E-state index contributed by atoms with van der Waals surface area (Å²) in [6.45, 7) is 8.81. The van der Waals surface area contributed by atoms with Crippen molar-refractivity contribution in [2.75, 3.05) is 0 Å². The van der Waals surface area contributed by atoms with Gasteiger partial charge in [-0.1, -0.05) is 18.7 Å². The quantitative estimate of drug-likeness (QED) is 0.545. The number of nitrogens with one attached hydrogen (secondary N) is 1. The minimum absolute atomic E-state index is 0.447. The zero-order valence-corrected chi connectivity index (χ0v) is 5.48. The third kappa shape index (κ3) is 3.41. The van der Waals surface area contributed by atoms with Crippen LogP contribution in [0, 0.1) is 4.91 Å². The van der Waals surface area contributed by atoms with E-state index < -0.39 is 0 Å². The Bertz CT molecular complexity index is 158. The number of hydrogen-bond acceptors (Lipinski definition) is 1. The van der Waals surface area contributed by atoms with E-state index in [1.165, 1.54) is 6.08 Å². The summed E-state index contributed by atoms with van der Waals surface area (Å²) < 4.78 is 0. The van der Waals surface area contributed by atoms with Gasteiger partial charge in [0.25, 0.3) is 5.70 Å². The second-order valence-electron chi connectivity index (χ2n) is 1.75. The summed E-state index contributed by atoms with van der Waals surface area (Å²) in [6, 6.07) is 0. The Labute approximate surface area is 54.6 Å². The lowest BCUT2D eigenvalue weighted by Crippen LogP contribution is -2.60. The second-order valence-corrected chi connectivity index (χ2v) is 1.75. The average Bonchev–Trinajstić information content (AvgIpc) is 1.82. The maximum Gasteiger partial charge on any atom is 0.252 e. The molecule has 0 fully saturated rings. The first kappa shape index (κ1) is 7.82. The molecule has 0 heterocycles. The fraction of sp³-hybridized carbons (Fsp3) is 0.143. The van der Waals surface area contributed by atoms with E-state index in [4.69, 9.17) is 0 Å². The van der Waals surface area contributed by atoms with Crippen LogP contribution in [0.4, 0.5) is 0 Å². The third-order valence-electron chi connectivity index (χ3n) is 0.740. The summed E-state index contributed by atoms with van der Waals surface area (Å²) in [5.41, 5.74) is 1.27. The molecule has 0 saturated heterocycles. The monoisotopic (exact) mass is 124 g/mol. The van der Waals surface area contributed by atoms with Crippen molar-refractivity contribution in [3.63, 3.8) is 0 Å². The van der Waals surface area contributed by atoms with Crippen LogP contribution in [0.3, 0.4) is 0 Å². The molecule has 2 heteroatoms. The largest absolute Gasteiger partial charge is 0.252 e. The van der Waals surface area contributed by atoms with Crippen LogP contribution in [0.2, 0.25) is 0 Å². The molecule has 0 aliphatic rings. The van der Waals surface area contributed by atoms with Crippen LogP contribution in [-0.4, -0.2) is 0 Å². The molecule has 9 heavy (non-hydrogen) atoms. The number of rotatable bonds is 3. The first-order valence-corrected chi connectivity index (χ1v) is 2.58. The zero-order chi connectivity index (χ0) is 7.28. The highest BCUT2D eigenvalue weighted by Crippen LogP contribution is 1.91. The predicted molar refractivity (Wildman–Crippen MR) is 37.4 cm³/mol. The van der Waals surface area contributed by atoms with Crippen molar-refractivity contribution < 1.29 is 5.18 Å². The van der Waals surface area contributed by atoms with E-state index >= 15 is 0 Å². The standard InChI is InChI=1S/C7H9NO/c1-4-7(8-9)5-6(2)3/h4-5H,1-2H2,3H3/p+1/b7-5+. The molecule has 0 bridgehead atoms. The van der Waals surface area contributed by atoms with Crippen molar-refractivity contribution in [3.05, 3.63) is 41.5 Å². The topological polar surface area (TPSA) is 31.0 Å². The molecule has 0 aliphatic carbocycles. The molecule has 0 spiro atoms. The molecule has 1 N–H and O–H groups in total. The van der Waals surface area contributed by atoms with E-state index in [1.807, 2.05) is 0 Å².